The van der Waals surface area contributed by atoms with Crippen LogP contribution in [-0.2, 0) is 21.4 Å². The molecule has 7 heteroatoms. The summed E-state index contributed by atoms with van der Waals surface area (Å²) in [4.78, 5) is 10.4. The van der Waals surface area contributed by atoms with E-state index in [1.807, 2.05) is 18.2 Å². The van der Waals surface area contributed by atoms with E-state index in [9.17, 15) is 4.39 Å². The van der Waals surface area contributed by atoms with Crippen LogP contribution in [0.1, 0.15) is 33.0 Å². The van der Waals surface area contributed by atoms with Crippen molar-refractivity contribution in [3.05, 3.63) is 48.3 Å². The van der Waals surface area contributed by atoms with E-state index >= 15 is 0 Å². The fourth-order valence-corrected chi connectivity index (χ4v) is 4.22. The molecule has 1 aliphatic rings. The summed E-state index contributed by atoms with van der Waals surface area (Å²) in [5.74, 6) is 0.570. The fourth-order valence-electron chi connectivity index (χ4n) is 3.36. The van der Waals surface area contributed by atoms with Gasteiger partial charge in [0.2, 0.25) is 5.95 Å². The van der Waals surface area contributed by atoms with Crippen LogP contribution in [0.3, 0.4) is 0 Å². The van der Waals surface area contributed by atoms with Gasteiger partial charge in [-0.3, -0.25) is 0 Å². The molecule has 0 N–H and O–H groups in total. The molecule has 3 heterocycles. The third-order valence-electron chi connectivity index (χ3n) is 4.60. The van der Waals surface area contributed by atoms with Gasteiger partial charge >= 0.3 is 0 Å². The zero-order valence-corrected chi connectivity index (χ0v) is 17.1. The van der Waals surface area contributed by atoms with Gasteiger partial charge in [-0.15, -0.1) is 0 Å². The fraction of sp³-hybridized carbons (Fsp3) is 0.429. The number of hydrogen-bond acceptors (Lipinski definition) is 5. The van der Waals surface area contributed by atoms with Gasteiger partial charge in [-0.25, -0.2) is 9.97 Å². The number of benzene rings is 1. The van der Waals surface area contributed by atoms with Crippen molar-refractivity contribution in [2.24, 2.45) is 0 Å². The smallest absolute Gasteiger partial charge is 0.213 e. The first-order valence-corrected chi connectivity index (χ1v) is 10.3. The molecule has 5 nitrogen and oxygen atoms in total. The first kappa shape index (κ1) is 19.4. The largest absolute Gasteiger partial charge is 0.350 e. The molecule has 3 aromatic rings. The molecule has 2 aromatic heterocycles. The molecule has 1 saturated heterocycles. The Kier molecular flexibility index (Phi) is 5.40. The van der Waals surface area contributed by atoms with Crippen LogP contribution in [0, 0.1) is 5.95 Å². The summed E-state index contributed by atoms with van der Waals surface area (Å²) in [7, 11) is 0. The van der Waals surface area contributed by atoms with Crippen LogP contribution in [0.15, 0.2) is 46.3 Å². The van der Waals surface area contributed by atoms with Gasteiger partial charge in [-0.1, -0.05) is 32.5 Å². The molecular formula is C21H24FN3O2S. The lowest BCUT2D eigenvalue weighted by molar-refractivity contribution is -0.0490. The summed E-state index contributed by atoms with van der Waals surface area (Å²) in [5.41, 5.74) is 1.95. The van der Waals surface area contributed by atoms with E-state index in [0.717, 1.165) is 39.6 Å². The van der Waals surface area contributed by atoms with E-state index in [1.165, 1.54) is 24.0 Å². The molecule has 0 unspecified atom stereocenters. The minimum absolute atomic E-state index is 0.0854. The molecule has 4 rings (SSSR count). The molecule has 0 bridgehead atoms. The number of hydrogen-bond donors (Lipinski definition) is 0. The number of ether oxygens (including phenoxy) is 2. The van der Waals surface area contributed by atoms with Crippen LogP contribution in [0.4, 0.5) is 4.39 Å². The third kappa shape index (κ3) is 4.21. The molecule has 0 radical (unpaired) electrons. The van der Waals surface area contributed by atoms with Crippen molar-refractivity contribution in [1.29, 1.82) is 0 Å². The number of fused-ring (bicyclic) bond motifs is 1. The minimum Gasteiger partial charge on any atom is -0.350 e. The first-order chi connectivity index (χ1) is 13.4. The molecule has 1 aliphatic heterocycles. The topological polar surface area (TPSA) is 49.2 Å². The van der Waals surface area contributed by atoms with Gasteiger partial charge in [0.15, 0.2) is 6.29 Å². The first-order valence-electron chi connectivity index (χ1n) is 9.43. The van der Waals surface area contributed by atoms with Gasteiger partial charge in [-0.2, -0.15) is 4.39 Å². The highest BCUT2D eigenvalue weighted by Gasteiger charge is 2.24. The Morgan fingerprint density at radius 1 is 1.14 bits per heavy atom. The lowest BCUT2D eigenvalue weighted by atomic mass is 9.95. The van der Waals surface area contributed by atoms with Crippen molar-refractivity contribution >= 4 is 22.8 Å². The maximum absolute atomic E-state index is 13.4. The molecule has 1 fully saturated rings. The Morgan fingerprint density at radius 2 is 1.89 bits per heavy atom. The van der Waals surface area contributed by atoms with Crippen molar-refractivity contribution < 1.29 is 13.9 Å². The van der Waals surface area contributed by atoms with Gasteiger partial charge in [-0.05, 0) is 24.3 Å². The molecule has 0 amide bonds. The van der Waals surface area contributed by atoms with E-state index in [1.54, 1.807) is 0 Å². The van der Waals surface area contributed by atoms with Gasteiger partial charge in [0.25, 0.3) is 0 Å². The SMILES string of the molecule is CC(C)(C)c1nc2ccc(Sc3ccnc(F)c3)cc2n1CCC1OCCO1. The summed E-state index contributed by atoms with van der Waals surface area (Å²) in [6.07, 6.45) is 2.11. The lowest BCUT2D eigenvalue weighted by Gasteiger charge is -2.21. The zero-order valence-electron chi connectivity index (χ0n) is 16.3. The highest BCUT2D eigenvalue weighted by molar-refractivity contribution is 7.99. The highest BCUT2D eigenvalue weighted by Crippen LogP contribution is 2.33. The second-order valence-corrected chi connectivity index (χ2v) is 9.01. The number of rotatable bonds is 5. The van der Waals surface area contributed by atoms with Crippen molar-refractivity contribution in [2.45, 2.75) is 55.2 Å². The van der Waals surface area contributed by atoms with Crippen LogP contribution in [0.2, 0.25) is 0 Å². The minimum atomic E-state index is -0.470. The monoisotopic (exact) mass is 401 g/mol. The van der Waals surface area contributed by atoms with Crippen molar-refractivity contribution in [1.82, 2.24) is 14.5 Å². The number of aromatic nitrogens is 3. The van der Waals surface area contributed by atoms with Gasteiger partial charge in [0, 0.05) is 40.4 Å². The van der Waals surface area contributed by atoms with E-state index < -0.39 is 5.95 Å². The lowest BCUT2D eigenvalue weighted by Crippen LogP contribution is -2.21. The van der Waals surface area contributed by atoms with E-state index in [2.05, 4.69) is 36.4 Å². The maximum atomic E-state index is 13.4. The summed E-state index contributed by atoms with van der Waals surface area (Å²) in [6, 6.07) is 9.44. The second kappa shape index (κ2) is 7.81. The summed E-state index contributed by atoms with van der Waals surface area (Å²) < 4.78 is 26.9. The highest BCUT2D eigenvalue weighted by atomic mass is 32.2. The Hall–Kier alpha value is -1.96. The maximum Gasteiger partial charge on any atom is 0.213 e. The number of nitrogens with zero attached hydrogens (tertiary/aromatic N) is 3. The van der Waals surface area contributed by atoms with E-state index in [4.69, 9.17) is 14.5 Å². The van der Waals surface area contributed by atoms with E-state index in [-0.39, 0.29) is 11.7 Å². The van der Waals surface area contributed by atoms with Crippen molar-refractivity contribution in [3.63, 3.8) is 0 Å². The third-order valence-corrected chi connectivity index (χ3v) is 5.58. The normalized spacial score (nSPS) is 15.6. The molecule has 0 aliphatic carbocycles. The Balaban J connectivity index is 1.68. The van der Waals surface area contributed by atoms with Crippen LogP contribution in [0.5, 0.6) is 0 Å². The average Bonchev–Trinajstić information content (AvgIpc) is 3.27. The molecule has 0 spiro atoms. The van der Waals surface area contributed by atoms with Gasteiger partial charge in [0.1, 0.15) is 5.82 Å². The number of pyridine rings is 1. The van der Waals surface area contributed by atoms with Crippen LogP contribution in [-0.4, -0.2) is 34.0 Å². The summed E-state index contributed by atoms with van der Waals surface area (Å²) in [6.45, 7) is 8.59. The average molecular weight is 402 g/mol. The van der Waals surface area contributed by atoms with E-state index in [0.29, 0.717) is 13.2 Å². The van der Waals surface area contributed by atoms with Crippen LogP contribution < -0.4 is 0 Å². The predicted octanol–water partition coefficient (Wildman–Crippen LogP) is 4.78. The van der Waals surface area contributed by atoms with Crippen molar-refractivity contribution in [3.8, 4) is 0 Å². The molecule has 28 heavy (non-hydrogen) atoms. The standard InChI is InChI=1S/C21H24FN3O2S/c1-21(2,3)20-24-16-5-4-14(28-15-6-8-23-18(22)13-15)12-17(16)25(20)9-7-19-26-10-11-27-19/h4-6,8,12-13,19H,7,9-11H2,1-3H3. The second-order valence-electron chi connectivity index (χ2n) is 7.86. The Bertz CT molecular complexity index is 977. The van der Waals surface area contributed by atoms with Gasteiger partial charge in [0.05, 0.1) is 24.2 Å². The molecule has 1 aromatic carbocycles. The Labute approximate surface area is 168 Å². The summed E-state index contributed by atoms with van der Waals surface area (Å²) >= 11 is 1.51. The number of aryl methyl sites for hydroxylation is 1. The molecule has 0 atom stereocenters. The molecule has 0 saturated carbocycles. The number of halogens is 1. The quantitative estimate of drug-likeness (QED) is 0.576. The summed E-state index contributed by atoms with van der Waals surface area (Å²) in [5, 5.41) is 0. The molecule has 148 valence electrons. The Morgan fingerprint density at radius 3 is 2.61 bits per heavy atom. The van der Waals surface area contributed by atoms with Gasteiger partial charge < -0.3 is 14.0 Å². The van der Waals surface area contributed by atoms with Crippen molar-refractivity contribution in [2.75, 3.05) is 13.2 Å². The zero-order chi connectivity index (χ0) is 19.7. The van der Waals surface area contributed by atoms with Crippen LogP contribution >= 0.6 is 11.8 Å². The predicted molar refractivity (Wildman–Crippen MR) is 107 cm³/mol. The molecular weight excluding hydrogens is 377 g/mol. The number of imidazole rings is 1. The van der Waals surface area contributed by atoms with Crippen LogP contribution in [0.25, 0.3) is 11.0 Å².